The molecule has 1 aliphatic heterocycles. The monoisotopic (exact) mass is 440 g/mol. The number of aryl methyl sites for hydroxylation is 2. The number of carbonyl (C=O) groups is 2. The van der Waals surface area contributed by atoms with Crippen LogP contribution in [0.1, 0.15) is 23.0 Å². The highest BCUT2D eigenvalue weighted by molar-refractivity contribution is 6.30. The van der Waals surface area contributed by atoms with E-state index in [2.05, 4.69) is 20.3 Å². The SMILES string of the molecule is CCn1ncc2cc(C(=O)NCC(=O)N3CCN(c4cccc(Cl)c4)CC3)c(C)nc21. The molecule has 4 rings (SSSR count). The summed E-state index contributed by atoms with van der Waals surface area (Å²) in [4.78, 5) is 33.8. The van der Waals surface area contributed by atoms with E-state index in [1.165, 1.54) is 0 Å². The van der Waals surface area contributed by atoms with Crippen molar-refractivity contribution in [1.82, 2.24) is 25.0 Å². The van der Waals surface area contributed by atoms with Crippen LogP contribution in [0, 0.1) is 6.92 Å². The van der Waals surface area contributed by atoms with Crippen molar-refractivity contribution in [2.75, 3.05) is 37.6 Å². The lowest BCUT2D eigenvalue weighted by Gasteiger charge is -2.36. The molecule has 3 aromatic rings. The van der Waals surface area contributed by atoms with Gasteiger partial charge >= 0.3 is 0 Å². The number of nitrogens with one attached hydrogen (secondary N) is 1. The number of piperazine rings is 1. The zero-order valence-corrected chi connectivity index (χ0v) is 18.4. The number of nitrogens with zero attached hydrogens (tertiary/aromatic N) is 5. The van der Waals surface area contributed by atoms with E-state index in [1.807, 2.05) is 31.2 Å². The summed E-state index contributed by atoms with van der Waals surface area (Å²) < 4.78 is 1.79. The third kappa shape index (κ3) is 4.49. The molecule has 0 atom stereocenters. The van der Waals surface area contributed by atoms with Gasteiger partial charge in [-0.25, -0.2) is 9.67 Å². The normalized spacial score (nSPS) is 14.2. The van der Waals surface area contributed by atoms with Gasteiger partial charge < -0.3 is 15.1 Å². The first-order valence-corrected chi connectivity index (χ1v) is 10.7. The van der Waals surface area contributed by atoms with Crippen molar-refractivity contribution in [3.05, 3.63) is 52.8 Å². The average molecular weight is 441 g/mol. The van der Waals surface area contributed by atoms with Gasteiger partial charge in [-0.2, -0.15) is 5.10 Å². The Labute approximate surface area is 185 Å². The molecule has 162 valence electrons. The van der Waals surface area contributed by atoms with Gasteiger partial charge in [-0.15, -0.1) is 0 Å². The van der Waals surface area contributed by atoms with Crippen LogP contribution in [0.2, 0.25) is 5.02 Å². The van der Waals surface area contributed by atoms with Gasteiger partial charge in [0.1, 0.15) is 0 Å². The molecule has 0 unspecified atom stereocenters. The first-order chi connectivity index (χ1) is 15.0. The molecule has 0 saturated carbocycles. The molecule has 0 radical (unpaired) electrons. The third-order valence-electron chi connectivity index (χ3n) is 5.55. The van der Waals surface area contributed by atoms with Crippen LogP contribution in [-0.4, -0.2) is 64.2 Å². The molecular weight excluding hydrogens is 416 g/mol. The quantitative estimate of drug-likeness (QED) is 0.659. The molecule has 0 spiro atoms. The van der Waals surface area contributed by atoms with Crippen LogP contribution in [0.3, 0.4) is 0 Å². The van der Waals surface area contributed by atoms with Gasteiger partial charge in [0.05, 0.1) is 24.0 Å². The van der Waals surface area contributed by atoms with Gasteiger partial charge in [-0.3, -0.25) is 9.59 Å². The smallest absolute Gasteiger partial charge is 0.253 e. The Bertz CT molecular complexity index is 1120. The largest absolute Gasteiger partial charge is 0.368 e. The number of pyridine rings is 1. The third-order valence-corrected chi connectivity index (χ3v) is 5.79. The molecule has 9 heteroatoms. The van der Waals surface area contributed by atoms with Crippen molar-refractivity contribution in [2.24, 2.45) is 0 Å². The fourth-order valence-electron chi connectivity index (χ4n) is 3.81. The zero-order valence-electron chi connectivity index (χ0n) is 17.6. The van der Waals surface area contributed by atoms with E-state index in [9.17, 15) is 9.59 Å². The maximum absolute atomic E-state index is 12.7. The Morgan fingerprint density at radius 2 is 1.94 bits per heavy atom. The van der Waals surface area contributed by atoms with E-state index in [0.29, 0.717) is 35.9 Å². The Morgan fingerprint density at radius 3 is 2.65 bits per heavy atom. The van der Waals surface area contributed by atoms with Crippen LogP contribution in [-0.2, 0) is 11.3 Å². The minimum absolute atomic E-state index is 0.0400. The highest BCUT2D eigenvalue weighted by atomic mass is 35.5. The number of hydrogen-bond acceptors (Lipinski definition) is 5. The second-order valence-corrected chi connectivity index (χ2v) is 7.96. The summed E-state index contributed by atoms with van der Waals surface area (Å²) in [5.41, 5.74) is 2.88. The predicted octanol–water partition coefficient (Wildman–Crippen LogP) is 2.49. The molecule has 8 nitrogen and oxygen atoms in total. The highest BCUT2D eigenvalue weighted by Gasteiger charge is 2.22. The van der Waals surface area contributed by atoms with Crippen LogP contribution in [0.25, 0.3) is 11.0 Å². The first kappa shape index (κ1) is 21.1. The van der Waals surface area contributed by atoms with Crippen molar-refractivity contribution in [1.29, 1.82) is 0 Å². The second kappa shape index (κ2) is 8.93. The van der Waals surface area contributed by atoms with Crippen molar-refractivity contribution in [3.8, 4) is 0 Å². The number of carbonyl (C=O) groups excluding carboxylic acids is 2. The number of rotatable bonds is 5. The number of anilines is 1. The summed E-state index contributed by atoms with van der Waals surface area (Å²) in [5.74, 6) is -0.397. The molecule has 1 aliphatic rings. The van der Waals surface area contributed by atoms with E-state index in [-0.39, 0.29) is 18.4 Å². The average Bonchev–Trinajstić information content (AvgIpc) is 3.18. The Morgan fingerprint density at radius 1 is 1.16 bits per heavy atom. The lowest BCUT2D eigenvalue weighted by atomic mass is 10.1. The summed E-state index contributed by atoms with van der Waals surface area (Å²) in [6, 6.07) is 9.49. The van der Waals surface area contributed by atoms with Crippen LogP contribution < -0.4 is 10.2 Å². The van der Waals surface area contributed by atoms with E-state index in [0.717, 1.165) is 29.8 Å². The predicted molar refractivity (Wildman–Crippen MR) is 121 cm³/mol. The Hall–Kier alpha value is -3.13. The number of amides is 2. The number of hydrogen-bond donors (Lipinski definition) is 1. The summed E-state index contributed by atoms with van der Waals surface area (Å²) >= 11 is 6.08. The summed E-state index contributed by atoms with van der Waals surface area (Å²) in [6.07, 6.45) is 1.70. The maximum Gasteiger partial charge on any atom is 0.253 e. The molecule has 31 heavy (non-hydrogen) atoms. The van der Waals surface area contributed by atoms with Gasteiger partial charge in [0.2, 0.25) is 5.91 Å². The number of halogens is 1. The lowest BCUT2D eigenvalue weighted by molar-refractivity contribution is -0.130. The second-order valence-electron chi connectivity index (χ2n) is 7.52. The fraction of sp³-hybridized carbons (Fsp3) is 0.364. The molecule has 3 heterocycles. The molecule has 0 aliphatic carbocycles. The molecule has 1 aromatic carbocycles. The highest BCUT2D eigenvalue weighted by Crippen LogP contribution is 2.21. The molecule has 1 N–H and O–H groups in total. The summed E-state index contributed by atoms with van der Waals surface area (Å²) in [6.45, 7) is 7.10. The van der Waals surface area contributed by atoms with E-state index >= 15 is 0 Å². The molecule has 2 amide bonds. The number of aromatic nitrogens is 3. The van der Waals surface area contributed by atoms with Crippen LogP contribution in [0.5, 0.6) is 0 Å². The standard InChI is InChI=1S/C22H25ClN6O2/c1-3-29-21-16(13-25-29)11-19(15(2)26-21)22(31)24-14-20(30)28-9-7-27(8-10-28)18-6-4-5-17(23)12-18/h4-6,11-13H,3,7-10,14H2,1-2H3,(H,24,31). The van der Waals surface area contributed by atoms with Gasteiger partial charge in [-0.1, -0.05) is 17.7 Å². The van der Waals surface area contributed by atoms with Crippen LogP contribution in [0.15, 0.2) is 36.5 Å². The van der Waals surface area contributed by atoms with Gasteiger partial charge in [0.25, 0.3) is 5.91 Å². The van der Waals surface area contributed by atoms with Gasteiger partial charge in [0.15, 0.2) is 5.65 Å². The Balaban J connectivity index is 1.33. The van der Waals surface area contributed by atoms with Gasteiger partial charge in [0, 0.05) is 48.8 Å². The van der Waals surface area contributed by atoms with Crippen LogP contribution >= 0.6 is 11.6 Å². The molecule has 0 bridgehead atoms. The zero-order chi connectivity index (χ0) is 22.0. The Kier molecular flexibility index (Phi) is 6.08. The van der Waals surface area contributed by atoms with Crippen molar-refractivity contribution >= 4 is 40.1 Å². The fourth-order valence-corrected chi connectivity index (χ4v) is 3.99. The van der Waals surface area contributed by atoms with Crippen molar-refractivity contribution in [3.63, 3.8) is 0 Å². The number of fused-ring (bicyclic) bond motifs is 1. The topological polar surface area (TPSA) is 83.4 Å². The van der Waals surface area contributed by atoms with E-state index in [1.54, 1.807) is 28.8 Å². The minimum atomic E-state index is -0.304. The molecule has 1 fully saturated rings. The summed E-state index contributed by atoms with van der Waals surface area (Å²) in [5, 5.41) is 8.52. The van der Waals surface area contributed by atoms with Crippen molar-refractivity contribution < 1.29 is 9.59 Å². The summed E-state index contributed by atoms with van der Waals surface area (Å²) in [7, 11) is 0. The van der Waals surface area contributed by atoms with Gasteiger partial charge in [-0.05, 0) is 38.1 Å². The molecule has 2 aromatic heterocycles. The molecular formula is C22H25ClN6O2. The first-order valence-electron chi connectivity index (χ1n) is 10.4. The molecule has 1 saturated heterocycles. The van der Waals surface area contributed by atoms with E-state index < -0.39 is 0 Å². The minimum Gasteiger partial charge on any atom is -0.368 e. The lowest BCUT2D eigenvalue weighted by Crippen LogP contribution is -2.51. The van der Waals surface area contributed by atoms with E-state index in [4.69, 9.17) is 11.6 Å². The van der Waals surface area contributed by atoms with Crippen molar-refractivity contribution in [2.45, 2.75) is 20.4 Å². The maximum atomic E-state index is 12.7. The number of benzene rings is 1. The van der Waals surface area contributed by atoms with Crippen LogP contribution in [0.4, 0.5) is 5.69 Å².